The van der Waals surface area contributed by atoms with E-state index in [1.54, 1.807) is 0 Å². The van der Waals surface area contributed by atoms with Gasteiger partial charge in [0.05, 0.1) is 16.9 Å². The standard InChI is InChI=1S/C28H27Cl2N5O/c1-18-5-4-6-22(30)25(18)28-13-12-21(35(28)27(31)36)15-33(17-28)16-23-26(19-8-10-20(29)11-9-19)32-24-7-2-3-14-34(23)24/h2-11,14,21H,12-13,15-17H2,1H3,(H2,31,36). The molecular formula is C28H27Cl2N5O. The maximum absolute atomic E-state index is 12.7. The Balaban J connectivity index is 1.44. The van der Waals surface area contributed by atoms with E-state index in [9.17, 15) is 4.79 Å². The van der Waals surface area contributed by atoms with Crippen molar-refractivity contribution < 1.29 is 4.79 Å². The van der Waals surface area contributed by atoms with Crippen molar-refractivity contribution in [2.75, 3.05) is 13.1 Å². The number of carbonyl (C=O) groups excluding carboxylic acids is 1. The number of hydrogen-bond donors (Lipinski definition) is 1. The van der Waals surface area contributed by atoms with Gasteiger partial charge in [-0.3, -0.25) is 4.90 Å². The van der Waals surface area contributed by atoms with Gasteiger partial charge < -0.3 is 15.0 Å². The molecule has 2 fully saturated rings. The number of amides is 2. The molecule has 2 unspecified atom stereocenters. The molecule has 6 nitrogen and oxygen atoms in total. The second kappa shape index (κ2) is 8.80. The van der Waals surface area contributed by atoms with Crippen LogP contribution in [0.2, 0.25) is 10.0 Å². The minimum atomic E-state index is -0.557. The zero-order valence-electron chi connectivity index (χ0n) is 20.0. The van der Waals surface area contributed by atoms with Gasteiger partial charge in [-0.25, -0.2) is 9.78 Å². The first-order valence-corrected chi connectivity index (χ1v) is 12.9. The zero-order chi connectivity index (χ0) is 25.0. The minimum Gasteiger partial charge on any atom is -0.351 e. The highest BCUT2D eigenvalue weighted by Gasteiger charge is 2.55. The van der Waals surface area contributed by atoms with Crippen molar-refractivity contribution in [3.63, 3.8) is 0 Å². The Bertz CT molecular complexity index is 1450. The summed E-state index contributed by atoms with van der Waals surface area (Å²) in [5.41, 5.74) is 11.5. The number of halogens is 2. The molecule has 2 aliphatic rings. The van der Waals surface area contributed by atoms with Crippen LogP contribution in [0.3, 0.4) is 0 Å². The van der Waals surface area contributed by atoms with E-state index in [4.69, 9.17) is 33.9 Å². The molecule has 184 valence electrons. The fourth-order valence-corrected chi connectivity index (χ4v) is 6.89. The third-order valence-electron chi connectivity index (χ3n) is 7.72. The normalized spacial score (nSPS) is 21.9. The summed E-state index contributed by atoms with van der Waals surface area (Å²) < 4.78 is 2.15. The van der Waals surface area contributed by atoms with Crippen LogP contribution in [0.15, 0.2) is 66.9 Å². The number of aromatic nitrogens is 2. The summed E-state index contributed by atoms with van der Waals surface area (Å²) in [6.45, 7) is 4.13. The van der Waals surface area contributed by atoms with Gasteiger partial charge in [0.15, 0.2) is 0 Å². The molecule has 2 saturated heterocycles. The van der Waals surface area contributed by atoms with E-state index in [0.717, 1.165) is 53.1 Å². The van der Waals surface area contributed by atoms with Gasteiger partial charge in [0.1, 0.15) is 5.65 Å². The summed E-state index contributed by atoms with van der Waals surface area (Å²) in [5.74, 6) is 0. The molecule has 2 amide bonds. The van der Waals surface area contributed by atoms with Gasteiger partial charge in [-0.1, -0.05) is 53.5 Å². The molecule has 0 radical (unpaired) electrons. The lowest BCUT2D eigenvalue weighted by Crippen LogP contribution is -2.62. The SMILES string of the molecule is Cc1cccc(Cl)c1C12CCC(CN(Cc3c(-c4ccc(Cl)cc4)nc4ccccn34)C1)N2C(N)=O. The van der Waals surface area contributed by atoms with Crippen molar-refractivity contribution >= 4 is 34.9 Å². The first-order valence-electron chi connectivity index (χ1n) is 12.2. The van der Waals surface area contributed by atoms with E-state index in [0.29, 0.717) is 23.1 Å². The number of primary amides is 1. The minimum absolute atomic E-state index is 0.0325. The number of piperazine rings is 1. The molecule has 2 aliphatic heterocycles. The van der Waals surface area contributed by atoms with Crippen LogP contribution in [0.25, 0.3) is 16.9 Å². The van der Waals surface area contributed by atoms with Crippen LogP contribution in [0.5, 0.6) is 0 Å². The van der Waals surface area contributed by atoms with Crippen LogP contribution in [-0.2, 0) is 12.1 Å². The van der Waals surface area contributed by atoms with Gasteiger partial charge in [0.2, 0.25) is 0 Å². The number of fused-ring (bicyclic) bond motifs is 3. The fourth-order valence-electron chi connectivity index (χ4n) is 6.37. The number of urea groups is 1. The van der Waals surface area contributed by atoms with Gasteiger partial charge in [0, 0.05) is 53.0 Å². The topological polar surface area (TPSA) is 66.9 Å². The van der Waals surface area contributed by atoms with Crippen molar-refractivity contribution in [1.29, 1.82) is 0 Å². The number of hydrogen-bond acceptors (Lipinski definition) is 3. The molecule has 2 atom stereocenters. The number of nitrogens with two attached hydrogens (primary N) is 1. The monoisotopic (exact) mass is 519 g/mol. The average Bonchev–Trinajstić information content (AvgIpc) is 3.32. The number of rotatable bonds is 4. The molecule has 0 saturated carbocycles. The average molecular weight is 520 g/mol. The highest BCUT2D eigenvalue weighted by Crippen LogP contribution is 2.49. The lowest BCUT2D eigenvalue weighted by Gasteiger charge is -2.49. The lowest BCUT2D eigenvalue weighted by molar-refractivity contribution is 0.0246. The molecule has 0 aliphatic carbocycles. The van der Waals surface area contributed by atoms with Gasteiger partial charge in [0.25, 0.3) is 0 Å². The summed E-state index contributed by atoms with van der Waals surface area (Å²) in [6.07, 6.45) is 3.78. The van der Waals surface area contributed by atoms with Crippen LogP contribution >= 0.6 is 23.2 Å². The Morgan fingerprint density at radius 2 is 1.92 bits per heavy atom. The van der Waals surface area contributed by atoms with Gasteiger partial charge in [-0.05, 0) is 55.7 Å². The summed E-state index contributed by atoms with van der Waals surface area (Å²) >= 11 is 12.9. The first-order chi connectivity index (χ1) is 17.4. The molecule has 4 heterocycles. The van der Waals surface area contributed by atoms with Crippen LogP contribution in [0, 0.1) is 6.92 Å². The van der Waals surface area contributed by atoms with Crippen molar-refractivity contribution in [3.8, 4) is 11.3 Å². The fraction of sp³-hybridized carbons (Fsp3) is 0.286. The van der Waals surface area contributed by atoms with Crippen LogP contribution in [-0.4, -0.2) is 44.3 Å². The quantitative estimate of drug-likeness (QED) is 0.366. The molecule has 8 heteroatoms. The zero-order valence-corrected chi connectivity index (χ0v) is 21.5. The summed E-state index contributed by atoms with van der Waals surface area (Å²) in [5, 5.41) is 1.38. The summed E-state index contributed by atoms with van der Waals surface area (Å²) in [4.78, 5) is 22.0. The van der Waals surface area contributed by atoms with E-state index in [1.807, 2.05) is 59.5 Å². The largest absolute Gasteiger partial charge is 0.351 e. The molecule has 4 aromatic rings. The molecule has 2 bridgehead atoms. The van der Waals surface area contributed by atoms with Crippen molar-refractivity contribution in [2.24, 2.45) is 5.73 Å². The van der Waals surface area contributed by atoms with E-state index >= 15 is 0 Å². The van der Waals surface area contributed by atoms with Crippen LogP contribution in [0.4, 0.5) is 4.79 Å². The number of imidazole rings is 1. The lowest BCUT2D eigenvalue weighted by atomic mass is 9.83. The van der Waals surface area contributed by atoms with Crippen LogP contribution < -0.4 is 5.73 Å². The van der Waals surface area contributed by atoms with Gasteiger partial charge >= 0.3 is 6.03 Å². The van der Waals surface area contributed by atoms with Gasteiger partial charge in [-0.2, -0.15) is 0 Å². The predicted octanol–water partition coefficient (Wildman–Crippen LogP) is 5.87. The number of aryl methyl sites for hydroxylation is 1. The Kier molecular flexibility index (Phi) is 5.71. The molecule has 36 heavy (non-hydrogen) atoms. The number of carbonyl (C=O) groups is 1. The third kappa shape index (κ3) is 3.67. The Labute approximate surface area is 220 Å². The number of pyridine rings is 1. The van der Waals surface area contributed by atoms with Crippen molar-refractivity contribution in [2.45, 2.75) is 37.9 Å². The molecular weight excluding hydrogens is 493 g/mol. The molecule has 0 spiro atoms. The molecule has 2 N–H and O–H groups in total. The van der Waals surface area contributed by atoms with Gasteiger partial charge in [-0.15, -0.1) is 0 Å². The second-order valence-corrected chi connectivity index (χ2v) is 10.7. The smallest absolute Gasteiger partial charge is 0.315 e. The molecule has 2 aromatic carbocycles. The van der Waals surface area contributed by atoms with E-state index in [2.05, 4.69) is 28.5 Å². The predicted molar refractivity (Wildman–Crippen MR) is 143 cm³/mol. The Morgan fingerprint density at radius 3 is 2.67 bits per heavy atom. The maximum Gasteiger partial charge on any atom is 0.315 e. The van der Waals surface area contributed by atoms with Crippen LogP contribution in [0.1, 0.15) is 29.7 Å². The Hall–Kier alpha value is -3.06. The first kappa shape index (κ1) is 23.3. The van der Waals surface area contributed by atoms with Crippen molar-refractivity contribution in [1.82, 2.24) is 19.2 Å². The van der Waals surface area contributed by atoms with E-state index in [-0.39, 0.29) is 12.1 Å². The third-order valence-corrected chi connectivity index (χ3v) is 8.28. The molecule has 6 rings (SSSR count). The molecule has 2 aromatic heterocycles. The Morgan fingerprint density at radius 1 is 1.11 bits per heavy atom. The van der Waals surface area contributed by atoms with E-state index < -0.39 is 5.54 Å². The second-order valence-electron chi connectivity index (χ2n) is 9.88. The van der Waals surface area contributed by atoms with Crippen molar-refractivity contribution in [3.05, 3.63) is 93.7 Å². The number of likely N-dealkylation sites (tertiary alicyclic amines) is 1. The summed E-state index contributed by atoms with van der Waals surface area (Å²) in [7, 11) is 0. The highest BCUT2D eigenvalue weighted by molar-refractivity contribution is 6.31. The summed E-state index contributed by atoms with van der Waals surface area (Å²) in [6, 6.07) is 19.4. The number of benzene rings is 2. The highest BCUT2D eigenvalue weighted by atomic mass is 35.5. The van der Waals surface area contributed by atoms with E-state index in [1.165, 1.54) is 0 Å². The number of nitrogens with zero attached hydrogens (tertiary/aromatic N) is 4. The maximum atomic E-state index is 12.7.